The molecule has 0 bridgehead atoms. The Hall–Kier alpha value is -0.580. The smallest absolute Gasteiger partial charge is 0.132 e. The van der Waals surface area contributed by atoms with Crippen molar-refractivity contribution in [2.45, 2.75) is 50.5 Å². The van der Waals surface area contributed by atoms with Gasteiger partial charge >= 0.3 is 0 Å². The van der Waals surface area contributed by atoms with E-state index in [1.165, 1.54) is 31.4 Å². The topological polar surface area (TPSA) is 55.0 Å². The number of aromatic nitrogens is 2. The lowest BCUT2D eigenvalue weighted by atomic mass is 9.78. The summed E-state index contributed by atoms with van der Waals surface area (Å²) in [6.07, 6.45) is 9.16. The Bertz CT molecular complexity index is 402. The minimum absolute atomic E-state index is 0. The van der Waals surface area contributed by atoms with Crippen molar-refractivity contribution in [2.24, 2.45) is 5.73 Å². The normalized spacial score (nSPS) is 25.8. The van der Waals surface area contributed by atoms with Gasteiger partial charge in [0.25, 0.3) is 0 Å². The second kappa shape index (κ2) is 8.01. The molecule has 1 aliphatic heterocycles. The second-order valence-corrected chi connectivity index (χ2v) is 5.63. The first-order valence-corrected chi connectivity index (χ1v) is 7.15. The summed E-state index contributed by atoms with van der Waals surface area (Å²) in [5.41, 5.74) is 7.04. The van der Waals surface area contributed by atoms with Gasteiger partial charge in [0.1, 0.15) is 12.1 Å². The first-order chi connectivity index (χ1) is 8.83. The summed E-state index contributed by atoms with van der Waals surface area (Å²) in [5, 5.41) is 0. The standard InChI is InChI=1S/C14H22N4.2ClH/c15-12-7-11(8-12)13-9-14(17-10-16-13)18-5-3-1-2-4-6-18;;/h9-12H,1-8,15H2;2*1H. The lowest BCUT2D eigenvalue weighted by Gasteiger charge is -2.32. The lowest BCUT2D eigenvalue weighted by molar-refractivity contribution is 0.345. The van der Waals surface area contributed by atoms with E-state index in [2.05, 4.69) is 20.9 Å². The molecule has 4 nitrogen and oxygen atoms in total. The molecule has 3 rings (SSSR count). The maximum atomic E-state index is 5.85. The maximum absolute atomic E-state index is 5.85. The fourth-order valence-electron chi connectivity index (χ4n) is 2.96. The van der Waals surface area contributed by atoms with Crippen molar-refractivity contribution in [1.29, 1.82) is 0 Å². The molecule has 0 spiro atoms. The van der Waals surface area contributed by atoms with E-state index >= 15 is 0 Å². The van der Waals surface area contributed by atoms with E-state index in [4.69, 9.17) is 5.73 Å². The minimum Gasteiger partial charge on any atom is -0.357 e. The van der Waals surface area contributed by atoms with Crippen LogP contribution in [-0.4, -0.2) is 29.1 Å². The molecule has 1 saturated carbocycles. The molecule has 0 amide bonds. The summed E-state index contributed by atoms with van der Waals surface area (Å²) in [7, 11) is 0. The zero-order chi connectivity index (χ0) is 12.4. The molecule has 2 N–H and O–H groups in total. The van der Waals surface area contributed by atoms with Gasteiger partial charge in [-0.2, -0.15) is 0 Å². The van der Waals surface area contributed by atoms with Gasteiger partial charge in [-0.25, -0.2) is 9.97 Å². The van der Waals surface area contributed by atoms with Crippen LogP contribution in [-0.2, 0) is 0 Å². The summed E-state index contributed by atoms with van der Waals surface area (Å²) in [6.45, 7) is 2.28. The van der Waals surface area contributed by atoms with Crippen LogP contribution in [0.1, 0.15) is 50.1 Å². The van der Waals surface area contributed by atoms with Crippen molar-refractivity contribution in [3.8, 4) is 0 Å². The van der Waals surface area contributed by atoms with Crippen molar-refractivity contribution in [3.05, 3.63) is 18.1 Å². The molecule has 0 radical (unpaired) electrons. The molecule has 0 atom stereocenters. The molecule has 1 aliphatic carbocycles. The van der Waals surface area contributed by atoms with Gasteiger partial charge in [0, 0.05) is 36.8 Å². The molecule has 2 aliphatic rings. The molecule has 1 aromatic heterocycles. The Kier molecular flexibility index (Phi) is 7.00. The monoisotopic (exact) mass is 318 g/mol. The first kappa shape index (κ1) is 17.5. The highest BCUT2D eigenvalue weighted by Gasteiger charge is 2.28. The van der Waals surface area contributed by atoms with Gasteiger partial charge in [-0.3, -0.25) is 0 Å². The Morgan fingerprint density at radius 1 is 1.00 bits per heavy atom. The Labute approximate surface area is 133 Å². The van der Waals surface area contributed by atoms with Crippen LogP contribution in [0, 0.1) is 0 Å². The van der Waals surface area contributed by atoms with E-state index in [1.807, 2.05) is 0 Å². The van der Waals surface area contributed by atoms with E-state index in [-0.39, 0.29) is 24.8 Å². The third-order valence-electron chi connectivity index (χ3n) is 4.20. The number of hydrogen-bond acceptors (Lipinski definition) is 4. The van der Waals surface area contributed by atoms with Crippen LogP contribution in [0.5, 0.6) is 0 Å². The molecular formula is C14H24Cl2N4. The highest BCUT2D eigenvalue weighted by molar-refractivity contribution is 5.85. The zero-order valence-electron chi connectivity index (χ0n) is 11.7. The molecule has 0 unspecified atom stereocenters. The third-order valence-corrected chi connectivity index (χ3v) is 4.20. The maximum Gasteiger partial charge on any atom is 0.132 e. The van der Waals surface area contributed by atoms with Gasteiger partial charge in [0.2, 0.25) is 0 Å². The summed E-state index contributed by atoms with van der Waals surface area (Å²) in [6, 6.07) is 2.56. The molecule has 1 aromatic rings. The first-order valence-electron chi connectivity index (χ1n) is 7.15. The quantitative estimate of drug-likeness (QED) is 0.911. The predicted octanol–water partition coefficient (Wildman–Crippen LogP) is 2.91. The molecule has 20 heavy (non-hydrogen) atoms. The summed E-state index contributed by atoms with van der Waals surface area (Å²) in [5.74, 6) is 1.68. The van der Waals surface area contributed by atoms with Gasteiger partial charge in [-0.1, -0.05) is 12.8 Å². The number of hydrogen-bond donors (Lipinski definition) is 1. The van der Waals surface area contributed by atoms with Gasteiger partial charge in [-0.15, -0.1) is 24.8 Å². The van der Waals surface area contributed by atoms with Crippen LogP contribution in [0.4, 0.5) is 5.82 Å². The second-order valence-electron chi connectivity index (χ2n) is 5.63. The Morgan fingerprint density at radius 3 is 2.25 bits per heavy atom. The van der Waals surface area contributed by atoms with E-state index in [0.717, 1.165) is 31.7 Å². The number of nitrogens with two attached hydrogens (primary N) is 1. The zero-order valence-corrected chi connectivity index (χ0v) is 13.3. The van der Waals surface area contributed by atoms with Gasteiger partial charge in [0.15, 0.2) is 0 Å². The van der Waals surface area contributed by atoms with Gasteiger partial charge < -0.3 is 10.6 Å². The fraction of sp³-hybridized carbons (Fsp3) is 0.714. The number of nitrogens with zero attached hydrogens (tertiary/aromatic N) is 3. The highest BCUT2D eigenvalue weighted by atomic mass is 35.5. The van der Waals surface area contributed by atoms with Crippen molar-refractivity contribution in [3.63, 3.8) is 0 Å². The summed E-state index contributed by atoms with van der Waals surface area (Å²) >= 11 is 0. The van der Waals surface area contributed by atoms with Crippen LogP contribution in [0.3, 0.4) is 0 Å². The average molecular weight is 319 g/mol. The molecule has 2 heterocycles. The Balaban J connectivity index is 0.000001000. The fourth-order valence-corrected chi connectivity index (χ4v) is 2.96. The number of anilines is 1. The van der Waals surface area contributed by atoms with Crippen LogP contribution in [0.15, 0.2) is 12.4 Å². The Morgan fingerprint density at radius 2 is 1.65 bits per heavy atom. The molecule has 0 aromatic carbocycles. The van der Waals surface area contributed by atoms with Crippen LogP contribution in [0.2, 0.25) is 0 Å². The van der Waals surface area contributed by atoms with Gasteiger partial charge in [-0.05, 0) is 25.7 Å². The summed E-state index contributed by atoms with van der Waals surface area (Å²) < 4.78 is 0. The van der Waals surface area contributed by atoms with E-state index in [1.54, 1.807) is 6.33 Å². The van der Waals surface area contributed by atoms with Crippen molar-refractivity contribution in [1.82, 2.24) is 9.97 Å². The molecule has 6 heteroatoms. The minimum atomic E-state index is 0. The van der Waals surface area contributed by atoms with Crippen LogP contribution >= 0.6 is 24.8 Å². The number of rotatable bonds is 2. The van der Waals surface area contributed by atoms with Crippen LogP contribution < -0.4 is 10.6 Å². The predicted molar refractivity (Wildman–Crippen MR) is 87.2 cm³/mol. The number of halogens is 2. The van der Waals surface area contributed by atoms with E-state index < -0.39 is 0 Å². The van der Waals surface area contributed by atoms with Crippen molar-refractivity contribution in [2.75, 3.05) is 18.0 Å². The van der Waals surface area contributed by atoms with Crippen molar-refractivity contribution >= 4 is 30.6 Å². The third kappa shape index (κ3) is 3.96. The SMILES string of the molecule is Cl.Cl.NC1CC(c2cc(N3CCCCCC3)ncn2)C1. The average Bonchev–Trinajstić information content (AvgIpc) is 2.64. The van der Waals surface area contributed by atoms with E-state index in [9.17, 15) is 0 Å². The van der Waals surface area contributed by atoms with E-state index in [0.29, 0.717) is 12.0 Å². The van der Waals surface area contributed by atoms with Crippen molar-refractivity contribution < 1.29 is 0 Å². The molecule has 2 fully saturated rings. The molecule has 114 valence electrons. The summed E-state index contributed by atoms with van der Waals surface area (Å²) in [4.78, 5) is 11.3. The van der Waals surface area contributed by atoms with Crippen LogP contribution in [0.25, 0.3) is 0 Å². The molecular weight excluding hydrogens is 295 g/mol. The highest BCUT2D eigenvalue weighted by Crippen LogP contribution is 2.35. The van der Waals surface area contributed by atoms with Gasteiger partial charge in [0.05, 0.1) is 0 Å². The lowest BCUT2D eigenvalue weighted by Crippen LogP contribution is -2.35. The largest absolute Gasteiger partial charge is 0.357 e. The molecule has 1 saturated heterocycles.